The molecule has 0 spiro atoms. The van der Waals surface area contributed by atoms with Gasteiger partial charge in [0.1, 0.15) is 5.75 Å². The monoisotopic (exact) mass is 419 g/mol. The first-order valence-corrected chi connectivity index (χ1v) is 9.47. The Labute approximate surface area is 173 Å². The summed E-state index contributed by atoms with van der Waals surface area (Å²) < 4.78 is 11.1. The van der Waals surface area contributed by atoms with Gasteiger partial charge in [-0.05, 0) is 55.0 Å². The van der Waals surface area contributed by atoms with E-state index in [1.54, 1.807) is 55.6 Å². The molecule has 1 heterocycles. The molecule has 3 rings (SSSR count). The van der Waals surface area contributed by atoms with Crippen molar-refractivity contribution in [3.8, 4) is 17.1 Å². The summed E-state index contributed by atoms with van der Waals surface area (Å²) in [6.45, 7) is 2.07. The lowest BCUT2D eigenvalue weighted by molar-refractivity contribution is -0.138. The average Bonchev–Trinajstić information content (AvgIpc) is 3.16. The molecule has 0 radical (unpaired) electrons. The van der Waals surface area contributed by atoms with Gasteiger partial charge in [-0.1, -0.05) is 35.3 Å². The summed E-state index contributed by atoms with van der Waals surface area (Å²) in [6, 6.07) is 14.0. The number of ether oxygens (including phenoxy) is 1. The molecule has 2 aromatic carbocycles. The number of carbonyl (C=O) groups excluding carboxylic acids is 1. The summed E-state index contributed by atoms with van der Waals surface area (Å²) in [5.41, 5.74) is 0.783. The van der Waals surface area contributed by atoms with Crippen molar-refractivity contribution >= 4 is 29.1 Å². The van der Waals surface area contributed by atoms with Crippen LogP contribution in [0.4, 0.5) is 0 Å². The SMILES string of the molecule is CC[C@@H](Oc1ccc(Cl)cc1)C(=O)N(C)Cc1nc(-c2ccc(Cl)cc2)no1. The molecular formula is C20H19Cl2N3O3. The van der Waals surface area contributed by atoms with E-state index in [1.807, 2.05) is 6.92 Å². The highest BCUT2D eigenvalue weighted by Gasteiger charge is 2.24. The zero-order valence-corrected chi connectivity index (χ0v) is 16.9. The minimum atomic E-state index is -0.621. The van der Waals surface area contributed by atoms with E-state index in [1.165, 1.54) is 4.90 Å². The lowest BCUT2D eigenvalue weighted by Gasteiger charge is -2.22. The Balaban J connectivity index is 1.64. The molecule has 8 heteroatoms. The number of nitrogens with zero attached hydrogens (tertiary/aromatic N) is 3. The Hall–Kier alpha value is -2.57. The highest BCUT2D eigenvalue weighted by molar-refractivity contribution is 6.30. The van der Waals surface area contributed by atoms with Crippen LogP contribution < -0.4 is 4.74 Å². The predicted octanol–water partition coefficient (Wildman–Crippen LogP) is 4.86. The first-order valence-electron chi connectivity index (χ1n) is 8.72. The Morgan fingerprint density at radius 3 is 2.32 bits per heavy atom. The fourth-order valence-electron chi connectivity index (χ4n) is 2.55. The Morgan fingerprint density at radius 2 is 1.71 bits per heavy atom. The lowest BCUT2D eigenvalue weighted by atomic mass is 10.2. The summed E-state index contributed by atoms with van der Waals surface area (Å²) in [6.07, 6.45) is -0.101. The molecule has 0 fully saturated rings. The van der Waals surface area contributed by atoms with E-state index in [4.69, 9.17) is 32.5 Å². The molecule has 1 amide bonds. The van der Waals surface area contributed by atoms with E-state index in [0.717, 1.165) is 5.56 Å². The molecular weight excluding hydrogens is 401 g/mol. The Kier molecular flexibility index (Phi) is 6.54. The van der Waals surface area contributed by atoms with Crippen LogP contribution in [0, 0.1) is 0 Å². The first-order chi connectivity index (χ1) is 13.5. The van der Waals surface area contributed by atoms with Gasteiger partial charge in [-0.3, -0.25) is 4.79 Å². The number of aromatic nitrogens is 2. The highest BCUT2D eigenvalue weighted by Crippen LogP contribution is 2.20. The lowest BCUT2D eigenvalue weighted by Crippen LogP contribution is -2.39. The van der Waals surface area contributed by atoms with Gasteiger partial charge in [0.25, 0.3) is 5.91 Å². The normalized spacial score (nSPS) is 11.9. The van der Waals surface area contributed by atoms with Gasteiger partial charge in [-0.25, -0.2) is 0 Å². The standard InChI is InChI=1S/C20H19Cl2N3O3/c1-3-17(27-16-10-8-15(22)9-11-16)20(26)25(2)12-18-23-19(24-28-18)13-4-6-14(21)7-5-13/h4-11,17H,3,12H2,1-2H3/t17-/m1/s1. The van der Waals surface area contributed by atoms with Gasteiger partial charge in [-0.2, -0.15) is 4.98 Å². The zero-order valence-electron chi connectivity index (χ0n) is 15.4. The van der Waals surface area contributed by atoms with Crippen molar-refractivity contribution in [1.29, 1.82) is 0 Å². The van der Waals surface area contributed by atoms with Crippen molar-refractivity contribution in [3.63, 3.8) is 0 Å². The van der Waals surface area contributed by atoms with E-state index in [2.05, 4.69) is 10.1 Å². The largest absolute Gasteiger partial charge is 0.481 e. The molecule has 1 aromatic heterocycles. The number of likely N-dealkylation sites (N-methyl/N-ethyl adjacent to an activating group) is 1. The maximum Gasteiger partial charge on any atom is 0.263 e. The van der Waals surface area contributed by atoms with Gasteiger partial charge >= 0.3 is 0 Å². The average molecular weight is 420 g/mol. The third-order valence-electron chi connectivity index (χ3n) is 4.06. The quantitative estimate of drug-likeness (QED) is 0.546. The van der Waals surface area contributed by atoms with Gasteiger partial charge in [-0.15, -0.1) is 0 Å². The van der Waals surface area contributed by atoms with Crippen molar-refractivity contribution in [2.75, 3.05) is 7.05 Å². The third-order valence-corrected chi connectivity index (χ3v) is 4.56. The van der Waals surface area contributed by atoms with Crippen LogP contribution in [0.15, 0.2) is 53.1 Å². The topological polar surface area (TPSA) is 68.5 Å². The van der Waals surface area contributed by atoms with Crippen molar-refractivity contribution in [2.24, 2.45) is 0 Å². The number of benzene rings is 2. The van der Waals surface area contributed by atoms with Gasteiger partial charge < -0.3 is 14.2 Å². The van der Waals surface area contributed by atoms with Gasteiger partial charge in [0.2, 0.25) is 11.7 Å². The molecule has 0 aliphatic rings. The van der Waals surface area contributed by atoms with Crippen LogP contribution in [0.1, 0.15) is 19.2 Å². The molecule has 0 saturated heterocycles. The van der Waals surface area contributed by atoms with Crippen LogP contribution >= 0.6 is 23.2 Å². The van der Waals surface area contributed by atoms with E-state index in [0.29, 0.717) is 33.9 Å². The summed E-state index contributed by atoms with van der Waals surface area (Å²) in [4.78, 5) is 18.6. The summed E-state index contributed by atoms with van der Waals surface area (Å²) in [7, 11) is 1.67. The number of rotatable bonds is 7. The molecule has 0 saturated carbocycles. The second kappa shape index (κ2) is 9.08. The fourth-order valence-corrected chi connectivity index (χ4v) is 2.80. The van der Waals surface area contributed by atoms with Crippen molar-refractivity contribution in [3.05, 3.63) is 64.5 Å². The van der Waals surface area contributed by atoms with Crippen LogP contribution in [0.5, 0.6) is 5.75 Å². The molecule has 6 nitrogen and oxygen atoms in total. The zero-order chi connectivity index (χ0) is 20.1. The van der Waals surface area contributed by atoms with E-state index < -0.39 is 6.10 Å². The Bertz CT molecular complexity index is 927. The molecule has 28 heavy (non-hydrogen) atoms. The van der Waals surface area contributed by atoms with Crippen LogP contribution in [0.25, 0.3) is 11.4 Å². The maximum atomic E-state index is 12.7. The van der Waals surface area contributed by atoms with Crippen LogP contribution in [-0.2, 0) is 11.3 Å². The van der Waals surface area contributed by atoms with Gasteiger partial charge in [0.15, 0.2) is 6.10 Å². The Morgan fingerprint density at radius 1 is 1.11 bits per heavy atom. The molecule has 0 N–H and O–H groups in total. The van der Waals surface area contributed by atoms with Crippen molar-refractivity contribution in [2.45, 2.75) is 26.0 Å². The molecule has 1 atom stereocenters. The summed E-state index contributed by atoms with van der Waals surface area (Å²) >= 11 is 11.8. The van der Waals surface area contributed by atoms with Crippen LogP contribution in [-0.4, -0.2) is 34.1 Å². The maximum absolute atomic E-state index is 12.7. The first kappa shape index (κ1) is 20.2. The number of hydrogen-bond acceptors (Lipinski definition) is 5. The second-order valence-electron chi connectivity index (χ2n) is 6.18. The van der Waals surface area contributed by atoms with E-state index in [9.17, 15) is 4.79 Å². The second-order valence-corrected chi connectivity index (χ2v) is 7.05. The number of hydrogen-bond donors (Lipinski definition) is 0. The molecule has 0 bridgehead atoms. The minimum absolute atomic E-state index is 0.177. The number of carbonyl (C=O) groups is 1. The van der Waals surface area contributed by atoms with Gasteiger partial charge in [0.05, 0.1) is 6.54 Å². The molecule has 0 aliphatic heterocycles. The van der Waals surface area contributed by atoms with Crippen LogP contribution in [0.3, 0.4) is 0 Å². The predicted molar refractivity (Wildman–Crippen MR) is 107 cm³/mol. The number of halogens is 2. The fraction of sp³-hybridized carbons (Fsp3) is 0.250. The molecule has 0 aliphatic carbocycles. The van der Waals surface area contributed by atoms with E-state index in [-0.39, 0.29) is 12.5 Å². The number of amides is 1. The summed E-state index contributed by atoms with van der Waals surface area (Å²) in [5, 5.41) is 5.20. The van der Waals surface area contributed by atoms with Crippen molar-refractivity contribution in [1.82, 2.24) is 15.0 Å². The van der Waals surface area contributed by atoms with E-state index >= 15 is 0 Å². The van der Waals surface area contributed by atoms with Crippen LogP contribution in [0.2, 0.25) is 10.0 Å². The minimum Gasteiger partial charge on any atom is -0.481 e. The molecule has 146 valence electrons. The summed E-state index contributed by atoms with van der Waals surface area (Å²) in [5.74, 6) is 1.18. The smallest absolute Gasteiger partial charge is 0.263 e. The van der Waals surface area contributed by atoms with Gasteiger partial charge in [0, 0.05) is 22.7 Å². The molecule has 0 unspecified atom stereocenters. The third kappa shape index (κ3) is 5.03. The highest BCUT2D eigenvalue weighted by atomic mass is 35.5. The van der Waals surface area contributed by atoms with Crippen molar-refractivity contribution < 1.29 is 14.1 Å². The molecule has 3 aromatic rings.